The molecule has 1 N–H and O–H groups in total. The third-order valence-corrected chi connectivity index (χ3v) is 7.31. The Morgan fingerprint density at radius 2 is 1.66 bits per heavy atom. The molecule has 2 aromatic carbocycles. The van der Waals surface area contributed by atoms with Gasteiger partial charge in [0.1, 0.15) is 0 Å². The number of nitrogens with one attached hydrogen (secondary N) is 1. The molecule has 0 bridgehead atoms. The number of hydrogen-bond donors (Lipinski definition) is 1. The molecule has 1 aliphatic rings. The van der Waals surface area contributed by atoms with Crippen LogP contribution in [0.2, 0.25) is 0 Å². The minimum Gasteiger partial charge on any atom is -0.321 e. The Morgan fingerprint density at radius 3 is 2.31 bits per heavy atom. The Bertz CT molecular complexity index is 1250. The van der Waals surface area contributed by atoms with E-state index in [9.17, 15) is 26.4 Å². The smallest absolute Gasteiger partial charge is 0.321 e. The van der Waals surface area contributed by atoms with E-state index >= 15 is 0 Å². The first-order valence-corrected chi connectivity index (χ1v) is 11.5. The predicted molar refractivity (Wildman–Crippen MR) is 114 cm³/mol. The van der Waals surface area contributed by atoms with Crippen LogP contribution in [0.5, 0.6) is 0 Å². The normalized spacial score (nSPS) is 15.6. The Labute approximate surface area is 183 Å². The van der Waals surface area contributed by atoms with E-state index in [1.54, 1.807) is 0 Å². The van der Waals surface area contributed by atoms with Crippen LogP contribution in [0, 0.1) is 0 Å². The van der Waals surface area contributed by atoms with E-state index in [4.69, 9.17) is 0 Å². The molecule has 3 aromatic rings. The van der Waals surface area contributed by atoms with Gasteiger partial charge in [0.25, 0.3) is 5.91 Å². The van der Waals surface area contributed by atoms with E-state index in [1.807, 2.05) is 0 Å². The molecule has 0 aliphatic carbocycles. The van der Waals surface area contributed by atoms with Crippen LogP contribution in [0.3, 0.4) is 0 Å². The number of anilines is 1. The fourth-order valence-corrected chi connectivity index (χ4v) is 5.26. The standard InChI is InChI=1S/C22H20F3N3O3S/c23-22(24,25)18-6-4-5-17-19(11-12-26-20(17)18)27-21(29)15-7-9-16(10-8-15)32(30,31)28-13-2-1-3-14-28/h4-12H,1-3,13-14H2,(H,26,27,29). The molecule has 2 heterocycles. The van der Waals surface area contributed by atoms with Crippen molar-refractivity contribution < 1.29 is 26.4 Å². The molecule has 1 amide bonds. The summed E-state index contributed by atoms with van der Waals surface area (Å²) < 4.78 is 66.7. The molecule has 4 rings (SSSR count). The zero-order valence-corrected chi connectivity index (χ0v) is 17.7. The summed E-state index contributed by atoms with van der Waals surface area (Å²) in [6.07, 6.45) is -0.753. The topological polar surface area (TPSA) is 79.4 Å². The maximum Gasteiger partial charge on any atom is 0.418 e. The van der Waals surface area contributed by atoms with Gasteiger partial charge in [0.05, 0.1) is 21.7 Å². The van der Waals surface area contributed by atoms with Gasteiger partial charge in [0, 0.05) is 30.2 Å². The largest absolute Gasteiger partial charge is 0.418 e. The Balaban J connectivity index is 1.58. The number of nitrogens with zero attached hydrogens (tertiary/aromatic N) is 2. The van der Waals surface area contributed by atoms with Gasteiger partial charge in [-0.1, -0.05) is 18.6 Å². The quantitative estimate of drug-likeness (QED) is 0.609. The van der Waals surface area contributed by atoms with Crippen molar-refractivity contribution in [1.29, 1.82) is 0 Å². The summed E-state index contributed by atoms with van der Waals surface area (Å²) in [6, 6.07) is 10.5. The van der Waals surface area contributed by atoms with Crippen LogP contribution >= 0.6 is 0 Å². The second-order valence-corrected chi connectivity index (χ2v) is 9.44. The van der Waals surface area contributed by atoms with E-state index in [0.29, 0.717) is 13.1 Å². The first-order chi connectivity index (χ1) is 15.2. The molecule has 1 aliphatic heterocycles. The number of rotatable bonds is 4. The molecular formula is C22H20F3N3O3S. The highest BCUT2D eigenvalue weighted by atomic mass is 32.2. The molecule has 0 saturated carbocycles. The number of carbonyl (C=O) groups excluding carboxylic acids is 1. The molecule has 0 atom stereocenters. The van der Waals surface area contributed by atoms with E-state index < -0.39 is 27.7 Å². The lowest BCUT2D eigenvalue weighted by atomic mass is 10.1. The minimum atomic E-state index is -4.58. The lowest BCUT2D eigenvalue weighted by molar-refractivity contribution is -0.136. The third kappa shape index (κ3) is 4.33. The zero-order valence-electron chi connectivity index (χ0n) is 16.9. The number of amides is 1. The maximum absolute atomic E-state index is 13.3. The van der Waals surface area contributed by atoms with Crippen LogP contribution in [0.15, 0.2) is 59.6 Å². The van der Waals surface area contributed by atoms with Gasteiger partial charge in [0.2, 0.25) is 10.0 Å². The number of benzene rings is 2. The average Bonchev–Trinajstić information content (AvgIpc) is 2.79. The highest BCUT2D eigenvalue weighted by Crippen LogP contribution is 2.35. The molecule has 1 saturated heterocycles. The molecular weight excluding hydrogens is 443 g/mol. The van der Waals surface area contributed by atoms with Crippen molar-refractivity contribution in [2.75, 3.05) is 18.4 Å². The Morgan fingerprint density at radius 1 is 0.969 bits per heavy atom. The summed E-state index contributed by atoms with van der Waals surface area (Å²) in [4.78, 5) is 16.6. The molecule has 168 valence electrons. The van der Waals surface area contributed by atoms with Crippen molar-refractivity contribution in [3.05, 3.63) is 65.9 Å². The Kier molecular flexibility index (Phi) is 5.91. The van der Waals surface area contributed by atoms with Crippen LogP contribution < -0.4 is 5.32 Å². The number of alkyl halides is 3. The lowest BCUT2D eigenvalue weighted by Gasteiger charge is -2.25. The number of piperidine rings is 1. The third-order valence-electron chi connectivity index (χ3n) is 5.39. The van der Waals surface area contributed by atoms with Gasteiger partial charge >= 0.3 is 6.18 Å². The van der Waals surface area contributed by atoms with E-state index in [0.717, 1.165) is 25.3 Å². The van der Waals surface area contributed by atoms with Gasteiger partial charge in [0.15, 0.2) is 0 Å². The fourth-order valence-electron chi connectivity index (χ4n) is 3.74. The fraction of sp³-hybridized carbons (Fsp3) is 0.273. The number of pyridine rings is 1. The van der Waals surface area contributed by atoms with Crippen LogP contribution in [0.1, 0.15) is 35.2 Å². The molecule has 6 nitrogen and oxygen atoms in total. The van der Waals surface area contributed by atoms with Gasteiger partial charge in [-0.15, -0.1) is 0 Å². The second kappa shape index (κ2) is 8.51. The number of aromatic nitrogens is 1. The summed E-state index contributed by atoms with van der Waals surface area (Å²) in [5.41, 5.74) is -0.796. The number of carbonyl (C=O) groups is 1. The average molecular weight is 463 g/mol. The van der Waals surface area contributed by atoms with Gasteiger partial charge in [-0.2, -0.15) is 17.5 Å². The SMILES string of the molecule is O=C(Nc1ccnc2c(C(F)(F)F)cccc12)c1ccc(S(=O)(=O)N2CCCCC2)cc1. The van der Waals surface area contributed by atoms with Crippen LogP contribution in [0.25, 0.3) is 10.9 Å². The minimum absolute atomic E-state index is 0.0973. The van der Waals surface area contributed by atoms with E-state index in [1.165, 1.54) is 53.0 Å². The van der Waals surface area contributed by atoms with E-state index in [-0.39, 0.29) is 27.0 Å². The number of fused-ring (bicyclic) bond motifs is 1. The molecule has 1 fully saturated rings. The Hall–Kier alpha value is -2.98. The number of halogens is 3. The van der Waals surface area contributed by atoms with E-state index in [2.05, 4.69) is 10.3 Å². The van der Waals surface area contributed by atoms with Crippen molar-refractivity contribution in [3.63, 3.8) is 0 Å². The van der Waals surface area contributed by atoms with Crippen LogP contribution in [-0.2, 0) is 16.2 Å². The molecule has 0 spiro atoms. The molecule has 32 heavy (non-hydrogen) atoms. The second-order valence-electron chi connectivity index (χ2n) is 7.50. The number of para-hydroxylation sites is 1. The van der Waals surface area contributed by atoms with Gasteiger partial charge < -0.3 is 5.32 Å². The predicted octanol–water partition coefficient (Wildman–Crippen LogP) is 4.68. The molecule has 0 radical (unpaired) electrons. The first-order valence-electron chi connectivity index (χ1n) is 10.0. The zero-order chi connectivity index (χ0) is 22.9. The summed E-state index contributed by atoms with van der Waals surface area (Å²) in [7, 11) is -3.62. The number of sulfonamides is 1. The molecule has 10 heteroatoms. The van der Waals surface area contributed by atoms with Crippen molar-refractivity contribution in [3.8, 4) is 0 Å². The summed E-state index contributed by atoms with van der Waals surface area (Å²) in [6.45, 7) is 0.944. The van der Waals surface area contributed by atoms with Gasteiger partial charge in [-0.3, -0.25) is 9.78 Å². The van der Waals surface area contributed by atoms with Crippen LogP contribution in [-0.4, -0.2) is 36.7 Å². The summed E-state index contributed by atoms with van der Waals surface area (Å²) in [5.74, 6) is -0.572. The lowest BCUT2D eigenvalue weighted by Crippen LogP contribution is -2.35. The van der Waals surface area contributed by atoms with Crippen molar-refractivity contribution in [1.82, 2.24) is 9.29 Å². The molecule has 1 aromatic heterocycles. The highest BCUT2D eigenvalue weighted by Gasteiger charge is 2.33. The van der Waals surface area contributed by atoms with Crippen molar-refractivity contribution in [2.24, 2.45) is 0 Å². The summed E-state index contributed by atoms with van der Waals surface area (Å²) in [5, 5.41) is 2.75. The van der Waals surface area contributed by atoms with Crippen molar-refractivity contribution >= 4 is 32.5 Å². The summed E-state index contributed by atoms with van der Waals surface area (Å²) >= 11 is 0. The molecule has 0 unspecified atom stereocenters. The van der Waals surface area contributed by atoms with Gasteiger partial charge in [-0.05, 0) is 49.2 Å². The number of hydrogen-bond acceptors (Lipinski definition) is 4. The van der Waals surface area contributed by atoms with Gasteiger partial charge in [-0.25, -0.2) is 8.42 Å². The van der Waals surface area contributed by atoms with Crippen LogP contribution in [0.4, 0.5) is 18.9 Å². The first kappa shape index (κ1) is 22.2. The maximum atomic E-state index is 13.3. The highest BCUT2D eigenvalue weighted by molar-refractivity contribution is 7.89. The monoisotopic (exact) mass is 463 g/mol. The van der Waals surface area contributed by atoms with Crippen molar-refractivity contribution in [2.45, 2.75) is 30.3 Å².